The van der Waals surface area contributed by atoms with E-state index in [1.807, 2.05) is 0 Å². The molecule has 1 aromatic carbocycles. The Balaban J connectivity index is 2.37. The minimum atomic E-state index is -0.464. The largest absolute Gasteiger partial charge is 0.314 e. The monoisotopic (exact) mass is 346 g/mol. The molecule has 0 saturated carbocycles. The summed E-state index contributed by atoms with van der Waals surface area (Å²) in [6.45, 7) is 7.55. The van der Waals surface area contributed by atoms with Gasteiger partial charge in [-0.25, -0.2) is 8.78 Å². The number of hydrogen-bond acceptors (Lipinski definition) is 2. The molecule has 0 aliphatic carbocycles. The third-order valence-corrected chi connectivity index (χ3v) is 4.31. The maximum Gasteiger partial charge on any atom is 0.145 e. The van der Waals surface area contributed by atoms with Gasteiger partial charge in [-0.1, -0.05) is 13.8 Å². The summed E-state index contributed by atoms with van der Waals surface area (Å²) in [6, 6.07) is 2.57. The molecule has 0 radical (unpaired) electrons. The average Bonchev–Trinajstić information content (AvgIpc) is 2.43. The van der Waals surface area contributed by atoms with Gasteiger partial charge in [0.1, 0.15) is 11.6 Å². The van der Waals surface area contributed by atoms with Crippen molar-refractivity contribution in [2.24, 2.45) is 5.92 Å². The predicted octanol–water partition coefficient (Wildman–Crippen LogP) is 3.72. The predicted molar refractivity (Wildman–Crippen MR) is 80.7 cm³/mol. The van der Waals surface area contributed by atoms with Gasteiger partial charge in [-0.3, -0.25) is 4.90 Å². The first kappa shape index (κ1) is 15.9. The van der Waals surface area contributed by atoms with Gasteiger partial charge in [0.05, 0.1) is 4.47 Å². The van der Waals surface area contributed by atoms with E-state index in [-0.39, 0.29) is 11.6 Å². The number of nitrogens with zero attached hydrogens (tertiary/aromatic N) is 1. The number of hydrogen-bond donors (Lipinski definition) is 1. The van der Waals surface area contributed by atoms with E-state index in [1.165, 1.54) is 12.1 Å². The van der Waals surface area contributed by atoms with Crippen molar-refractivity contribution in [2.75, 3.05) is 26.2 Å². The molecule has 1 N–H and O–H groups in total. The Kier molecular flexibility index (Phi) is 5.52. The maximum atomic E-state index is 14.4. The number of halogens is 3. The van der Waals surface area contributed by atoms with Gasteiger partial charge in [-0.2, -0.15) is 0 Å². The highest BCUT2D eigenvalue weighted by atomic mass is 79.9. The average molecular weight is 347 g/mol. The number of benzene rings is 1. The third-order valence-electron chi connectivity index (χ3n) is 3.70. The third kappa shape index (κ3) is 3.57. The zero-order chi connectivity index (χ0) is 14.7. The van der Waals surface area contributed by atoms with E-state index >= 15 is 0 Å². The SMILES string of the molecule is CC(C)C[C@H](c1c(F)ccc(Br)c1F)N1CCNCC1. The van der Waals surface area contributed by atoms with Crippen LogP contribution >= 0.6 is 15.9 Å². The van der Waals surface area contributed by atoms with Crippen molar-refractivity contribution in [3.05, 3.63) is 33.8 Å². The van der Waals surface area contributed by atoms with Crippen molar-refractivity contribution in [1.82, 2.24) is 10.2 Å². The van der Waals surface area contributed by atoms with E-state index in [1.54, 1.807) is 0 Å². The van der Waals surface area contributed by atoms with Crippen LogP contribution in [0.3, 0.4) is 0 Å². The molecule has 1 heterocycles. The summed E-state index contributed by atoms with van der Waals surface area (Å²) >= 11 is 3.17. The molecular formula is C15H21BrF2N2. The summed E-state index contributed by atoms with van der Waals surface area (Å²) in [5.74, 6) is -0.531. The van der Waals surface area contributed by atoms with E-state index in [4.69, 9.17) is 0 Å². The standard InChI is InChI=1S/C15H21BrF2N2/c1-10(2)9-13(20-7-5-19-6-8-20)14-12(17)4-3-11(16)15(14)18/h3-4,10,13,19H,5-9H2,1-2H3/t13-/m1/s1. The Bertz CT molecular complexity index is 459. The second kappa shape index (κ2) is 6.96. The first-order valence-electron chi connectivity index (χ1n) is 7.09. The summed E-state index contributed by atoms with van der Waals surface area (Å²) < 4.78 is 28.9. The van der Waals surface area contributed by atoms with Crippen molar-refractivity contribution in [3.8, 4) is 0 Å². The molecule has 1 aliphatic rings. The van der Waals surface area contributed by atoms with Crippen molar-refractivity contribution in [1.29, 1.82) is 0 Å². The summed E-state index contributed by atoms with van der Waals surface area (Å²) in [4.78, 5) is 2.18. The van der Waals surface area contributed by atoms with Gasteiger partial charge in [0.2, 0.25) is 0 Å². The van der Waals surface area contributed by atoms with Gasteiger partial charge < -0.3 is 5.32 Å². The first-order chi connectivity index (χ1) is 9.50. The van der Waals surface area contributed by atoms with E-state index in [9.17, 15) is 8.78 Å². The fourth-order valence-corrected chi connectivity index (χ4v) is 3.08. The zero-order valence-corrected chi connectivity index (χ0v) is 13.5. The van der Waals surface area contributed by atoms with Gasteiger partial charge in [-0.05, 0) is 40.4 Å². The summed E-state index contributed by atoms with van der Waals surface area (Å²) in [5, 5.41) is 3.28. The van der Waals surface area contributed by atoms with Crippen molar-refractivity contribution in [2.45, 2.75) is 26.3 Å². The van der Waals surface area contributed by atoms with Crippen LogP contribution in [-0.2, 0) is 0 Å². The fourth-order valence-electron chi connectivity index (χ4n) is 2.74. The Labute approximate surface area is 127 Å². The number of piperazine rings is 1. The summed E-state index contributed by atoms with van der Waals surface area (Å²) in [5.41, 5.74) is 0.204. The second-order valence-corrected chi connectivity index (χ2v) is 6.54. The lowest BCUT2D eigenvalue weighted by Crippen LogP contribution is -2.45. The lowest BCUT2D eigenvalue weighted by atomic mass is 9.94. The molecule has 0 unspecified atom stereocenters. The van der Waals surface area contributed by atoms with Crippen LogP contribution in [-0.4, -0.2) is 31.1 Å². The summed E-state index contributed by atoms with van der Waals surface area (Å²) in [7, 11) is 0. The van der Waals surface area contributed by atoms with Crippen LogP contribution in [0.5, 0.6) is 0 Å². The molecule has 1 saturated heterocycles. The van der Waals surface area contributed by atoms with Crippen molar-refractivity contribution >= 4 is 15.9 Å². The molecule has 1 fully saturated rings. The van der Waals surface area contributed by atoms with Crippen molar-refractivity contribution in [3.63, 3.8) is 0 Å². The van der Waals surface area contributed by atoms with Crippen LogP contribution in [0.1, 0.15) is 31.9 Å². The van der Waals surface area contributed by atoms with Crippen LogP contribution in [0.25, 0.3) is 0 Å². The molecule has 0 bridgehead atoms. The molecule has 20 heavy (non-hydrogen) atoms. The number of rotatable bonds is 4. The van der Waals surface area contributed by atoms with E-state index < -0.39 is 11.6 Å². The molecule has 2 nitrogen and oxygen atoms in total. The van der Waals surface area contributed by atoms with E-state index in [0.29, 0.717) is 10.4 Å². The van der Waals surface area contributed by atoms with Crippen molar-refractivity contribution < 1.29 is 8.78 Å². The highest BCUT2D eigenvalue weighted by molar-refractivity contribution is 9.10. The topological polar surface area (TPSA) is 15.3 Å². The van der Waals surface area contributed by atoms with Crippen LogP contribution in [0.2, 0.25) is 0 Å². The minimum absolute atomic E-state index is 0.199. The Morgan fingerprint density at radius 3 is 2.50 bits per heavy atom. The molecule has 5 heteroatoms. The smallest absolute Gasteiger partial charge is 0.145 e. The molecular weight excluding hydrogens is 326 g/mol. The minimum Gasteiger partial charge on any atom is -0.314 e. The maximum absolute atomic E-state index is 14.4. The molecule has 1 aromatic rings. The Morgan fingerprint density at radius 2 is 1.90 bits per heavy atom. The van der Waals surface area contributed by atoms with Crippen LogP contribution in [0, 0.1) is 17.6 Å². The van der Waals surface area contributed by atoms with Gasteiger partial charge in [0.15, 0.2) is 0 Å². The first-order valence-corrected chi connectivity index (χ1v) is 7.88. The molecule has 112 valence electrons. The molecule has 1 atom stereocenters. The molecule has 1 aliphatic heterocycles. The number of nitrogens with one attached hydrogen (secondary N) is 1. The van der Waals surface area contributed by atoms with Gasteiger partial charge in [-0.15, -0.1) is 0 Å². The highest BCUT2D eigenvalue weighted by Gasteiger charge is 2.28. The van der Waals surface area contributed by atoms with E-state index in [0.717, 1.165) is 32.6 Å². The fraction of sp³-hybridized carbons (Fsp3) is 0.600. The van der Waals surface area contributed by atoms with Crippen LogP contribution in [0.15, 0.2) is 16.6 Å². The Morgan fingerprint density at radius 1 is 1.25 bits per heavy atom. The van der Waals surface area contributed by atoms with Crippen LogP contribution < -0.4 is 5.32 Å². The van der Waals surface area contributed by atoms with Gasteiger partial charge in [0, 0.05) is 37.8 Å². The Hall–Kier alpha value is -0.520. The summed E-state index contributed by atoms with van der Waals surface area (Å²) in [6.07, 6.45) is 0.754. The molecule has 2 rings (SSSR count). The molecule has 0 amide bonds. The molecule has 0 aromatic heterocycles. The normalized spacial score (nSPS) is 18.5. The van der Waals surface area contributed by atoms with E-state index in [2.05, 4.69) is 40.0 Å². The quantitative estimate of drug-likeness (QED) is 0.836. The lowest BCUT2D eigenvalue weighted by molar-refractivity contribution is 0.147. The highest BCUT2D eigenvalue weighted by Crippen LogP contribution is 2.34. The van der Waals surface area contributed by atoms with Gasteiger partial charge in [0.25, 0.3) is 0 Å². The van der Waals surface area contributed by atoms with Crippen LogP contribution in [0.4, 0.5) is 8.78 Å². The second-order valence-electron chi connectivity index (χ2n) is 5.69. The van der Waals surface area contributed by atoms with Gasteiger partial charge >= 0.3 is 0 Å². The zero-order valence-electron chi connectivity index (χ0n) is 11.9. The molecule has 0 spiro atoms. The lowest BCUT2D eigenvalue weighted by Gasteiger charge is -2.36.